The van der Waals surface area contributed by atoms with Crippen LogP contribution in [0.3, 0.4) is 0 Å². The second-order valence-electron chi connectivity index (χ2n) is 6.75. The lowest BCUT2D eigenvalue weighted by Gasteiger charge is -2.36. The Morgan fingerprint density at radius 3 is 2.35 bits per heavy atom. The normalized spacial score (nSPS) is 29.2. The molecule has 2 aliphatic rings. The van der Waals surface area contributed by atoms with E-state index < -0.39 is 0 Å². The van der Waals surface area contributed by atoms with E-state index in [9.17, 15) is 5.11 Å². The van der Waals surface area contributed by atoms with Crippen molar-refractivity contribution in [3.63, 3.8) is 0 Å². The number of aliphatic hydroxyl groups excluding tert-OH is 1. The maximum atomic E-state index is 10.6. The van der Waals surface area contributed by atoms with Crippen molar-refractivity contribution in [3.05, 3.63) is 84.4 Å². The highest BCUT2D eigenvalue weighted by Gasteiger charge is 2.54. The first-order chi connectivity index (χ1) is 11.2. The van der Waals surface area contributed by atoms with E-state index in [1.807, 2.05) is 6.07 Å². The summed E-state index contributed by atoms with van der Waals surface area (Å²) in [7, 11) is 0. The summed E-state index contributed by atoms with van der Waals surface area (Å²) in [6.07, 6.45) is 4.88. The topological polar surface area (TPSA) is 20.2 Å². The minimum atomic E-state index is -0.229. The van der Waals surface area contributed by atoms with E-state index in [-0.39, 0.29) is 17.4 Å². The predicted octanol–water partition coefficient (Wildman–Crippen LogP) is 4.94. The van der Waals surface area contributed by atoms with Crippen LogP contribution in [0.5, 0.6) is 0 Å². The summed E-state index contributed by atoms with van der Waals surface area (Å²) in [6, 6.07) is 21.0. The summed E-state index contributed by atoms with van der Waals surface area (Å²) in [5.41, 5.74) is 4.85. The van der Waals surface area contributed by atoms with Crippen molar-refractivity contribution in [3.8, 4) is 0 Å². The van der Waals surface area contributed by atoms with Crippen molar-refractivity contribution in [1.82, 2.24) is 0 Å². The fourth-order valence-corrected chi connectivity index (χ4v) is 4.64. The first-order valence-corrected chi connectivity index (χ1v) is 8.42. The zero-order valence-corrected chi connectivity index (χ0v) is 13.3. The van der Waals surface area contributed by atoms with Crippen LogP contribution in [-0.4, -0.2) is 11.2 Å². The molecule has 1 N–H and O–H groups in total. The van der Waals surface area contributed by atoms with Crippen molar-refractivity contribution in [2.24, 2.45) is 11.3 Å². The number of benzene rings is 2. The van der Waals surface area contributed by atoms with Crippen LogP contribution in [0.25, 0.3) is 11.1 Å². The Morgan fingerprint density at radius 1 is 1.00 bits per heavy atom. The Labute approximate surface area is 138 Å². The lowest BCUT2D eigenvalue weighted by molar-refractivity contribution is 0.121. The van der Waals surface area contributed by atoms with Gasteiger partial charge in [-0.2, -0.15) is 0 Å². The standard InChI is InChI=1S/C22H22O/c1-16(17-8-4-2-5-9-17)22-15-14-21(23)20(22)13-12-19(22)18-10-6-3-7-11-18/h2-12,20-21,23H,1,13-15H2. The molecule has 0 saturated heterocycles. The third-order valence-corrected chi connectivity index (χ3v) is 5.73. The van der Waals surface area contributed by atoms with E-state index >= 15 is 0 Å². The Bertz CT molecular complexity index is 744. The Hall–Kier alpha value is -2.12. The van der Waals surface area contributed by atoms with Gasteiger partial charge in [-0.25, -0.2) is 0 Å². The molecule has 23 heavy (non-hydrogen) atoms. The van der Waals surface area contributed by atoms with Gasteiger partial charge in [0.2, 0.25) is 0 Å². The van der Waals surface area contributed by atoms with Gasteiger partial charge >= 0.3 is 0 Å². The van der Waals surface area contributed by atoms with Crippen LogP contribution < -0.4 is 0 Å². The van der Waals surface area contributed by atoms with Gasteiger partial charge in [0.25, 0.3) is 0 Å². The van der Waals surface area contributed by atoms with Crippen LogP contribution in [0.1, 0.15) is 30.4 Å². The molecule has 1 nitrogen and oxygen atoms in total. The summed E-state index contributed by atoms with van der Waals surface area (Å²) in [4.78, 5) is 0. The summed E-state index contributed by atoms with van der Waals surface area (Å²) in [6.45, 7) is 4.50. The van der Waals surface area contributed by atoms with Gasteiger partial charge in [-0.15, -0.1) is 0 Å². The van der Waals surface area contributed by atoms with E-state index in [0.717, 1.165) is 24.8 Å². The Kier molecular flexibility index (Phi) is 3.46. The highest BCUT2D eigenvalue weighted by molar-refractivity contribution is 5.88. The quantitative estimate of drug-likeness (QED) is 0.851. The number of fused-ring (bicyclic) bond motifs is 1. The van der Waals surface area contributed by atoms with Crippen LogP contribution >= 0.6 is 0 Å². The molecular weight excluding hydrogens is 280 g/mol. The van der Waals surface area contributed by atoms with Crippen molar-refractivity contribution < 1.29 is 5.11 Å². The number of allylic oxidation sites excluding steroid dienone is 3. The number of hydrogen-bond acceptors (Lipinski definition) is 1. The van der Waals surface area contributed by atoms with Gasteiger partial charge in [0.15, 0.2) is 0 Å². The summed E-state index contributed by atoms with van der Waals surface area (Å²) < 4.78 is 0. The van der Waals surface area contributed by atoms with Crippen LogP contribution in [0, 0.1) is 11.3 Å². The van der Waals surface area contributed by atoms with E-state index in [1.54, 1.807) is 0 Å². The molecule has 1 heteroatoms. The largest absolute Gasteiger partial charge is 0.393 e. The molecule has 0 aliphatic heterocycles. The summed E-state index contributed by atoms with van der Waals surface area (Å²) in [5.74, 6) is 0.255. The summed E-state index contributed by atoms with van der Waals surface area (Å²) >= 11 is 0. The van der Waals surface area contributed by atoms with E-state index in [4.69, 9.17) is 0 Å². The second kappa shape index (κ2) is 5.50. The molecule has 1 fully saturated rings. The van der Waals surface area contributed by atoms with Crippen LogP contribution in [-0.2, 0) is 0 Å². The molecule has 2 aliphatic carbocycles. The summed E-state index contributed by atoms with van der Waals surface area (Å²) in [5, 5.41) is 10.6. The third kappa shape index (κ3) is 2.11. The molecule has 0 radical (unpaired) electrons. The van der Waals surface area contributed by atoms with E-state index in [0.29, 0.717) is 0 Å². The predicted molar refractivity (Wildman–Crippen MR) is 95.7 cm³/mol. The molecule has 1 saturated carbocycles. The SMILES string of the molecule is C=C(c1ccccc1)C12CCC(O)C1CC=C2c1ccccc1. The zero-order valence-electron chi connectivity index (χ0n) is 13.3. The molecule has 0 aromatic heterocycles. The van der Waals surface area contributed by atoms with Crippen molar-refractivity contribution in [2.45, 2.75) is 25.4 Å². The van der Waals surface area contributed by atoms with Gasteiger partial charge in [0.05, 0.1) is 6.10 Å². The smallest absolute Gasteiger partial charge is 0.0583 e. The van der Waals surface area contributed by atoms with Crippen molar-refractivity contribution >= 4 is 11.1 Å². The van der Waals surface area contributed by atoms with Gasteiger partial charge in [0, 0.05) is 11.3 Å². The molecular formula is C22H22O. The van der Waals surface area contributed by atoms with Gasteiger partial charge in [0.1, 0.15) is 0 Å². The highest BCUT2D eigenvalue weighted by Crippen LogP contribution is 2.63. The number of rotatable bonds is 3. The molecule has 0 bridgehead atoms. The maximum absolute atomic E-state index is 10.6. The Balaban J connectivity index is 1.84. The van der Waals surface area contributed by atoms with E-state index in [2.05, 4.69) is 67.3 Å². The second-order valence-corrected chi connectivity index (χ2v) is 6.75. The zero-order chi connectivity index (χ0) is 15.9. The van der Waals surface area contributed by atoms with Crippen LogP contribution in [0.2, 0.25) is 0 Å². The first-order valence-electron chi connectivity index (χ1n) is 8.42. The molecule has 116 valence electrons. The van der Waals surface area contributed by atoms with Crippen LogP contribution in [0.15, 0.2) is 73.3 Å². The molecule has 2 aromatic rings. The fourth-order valence-electron chi connectivity index (χ4n) is 4.64. The van der Waals surface area contributed by atoms with Crippen molar-refractivity contribution in [1.29, 1.82) is 0 Å². The maximum Gasteiger partial charge on any atom is 0.0583 e. The van der Waals surface area contributed by atoms with E-state index in [1.165, 1.54) is 16.7 Å². The lowest BCUT2D eigenvalue weighted by atomic mass is 9.66. The lowest BCUT2D eigenvalue weighted by Crippen LogP contribution is -2.29. The molecule has 4 rings (SSSR count). The van der Waals surface area contributed by atoms with Crippen LogP contribution in [0.4, 0.5) is 0 Å². The average Bonchev–Trinajstić information content (AvgIpc) is 3.15. The molecule has 3 atom stereocenters. The minimum Gasteiger partial charge on any atom is -0.393 e. The van der Waals surface area contributed by atoms with Gasteiger partial charge in [-0.05, 0) is 41.5 Å². The molecule has 0 spiro atoms. The molecule has 3 unspecified atom stereocenters. The number of hydrogen-bond donors (Lipinski definition) is 1. The van der Waals surface area contributed by atoms with Gasteiger partial charge in [-0.3, -0.25) is 0 Å². The highest BCUT2D eigenvalue weighted by atomic mass is 16.3. The molecule has 0 amide bonds. The molecule has 2 aromatic carbocycles. The average molecular weight is 302 g/mol. The fraction of sp³-hybridized carbons (Fsp3) is 0.273. The van der Waals surface area contributed by atoms with Gasteiger partial charge < -0.3 is 5.11 Å². The monoisotopic (exact) mass is 302 g/mol. The third-order valence-electron chi connectivity index (χ3n) is 5.73. The number of aliphatic hydroxyl groups is 1. The first kappa shape index (κ1) is 14.5. The minimum absolute atomic E-state index is 0.123. The Morgan fingerprint density at radius 2 is 1.65 bits per heavy atom. The van der Waals surface area contributed by atoms with Crippen molar-refractivity contribution in [2.75, 3.05) is 0 Å². The van der Waals surface area contributed by atoms with Gasteiger partial charge in [-0.1, -0.05) is 73.3 Å². The molecule has 0 heterocycles.